The summed E-state index contributed by atoms with van der Waals surface area (Å²) in [5, 5.41) is 6.52. The standard InChI is InChI=1S/C20H25N5O.2ClH/c26-19(17-9-11-22-20(24-17)25-12-4-1-5-13-25)23-14-18-16-7-3-2-6-15(16)8-10-21-18;;/h2-3,6-7,9,11,18,21H,1,4-5,8,10,12-14H2,(H,23,26);2*1H. The van der Waals surface area contributed by atoms with Gasteiger partial charge in [-0.1, -0.05) is 24.3 Å². The average Bonchev–Trinajstić information content (AvgIpc) is 2.72. The Bertz CT molecular complexity index is 783. The summed E-state index contributed by atoms with van der Waals surface area (Å²) in [5.74, 6) is 0.522. The number of nitrogens with zero attached hydrogens (tertiary/aromatic N) is 3. The molecule has 152 valence electrons. The minimum atomic E-state index is -0.143. The molecule has 2 aliphatic rings. The number of nitrogens with one attached hydrogen (secondary N) is 2. The molecular formula is C20H27Cl2N5O. The van der Waals surface area contributed by atoms with E-state index in [-0.39, 0.29) is 36.8 Å². The Morgan fingerprint density at radius 1 is 1.14 bits per heavy atom. The lowest BCUT2D eigenvalue weighted by Gasteiger charge is -2.27. The highest BCUT2D eigenvalue weighted by Gasteiger charge is 2.21. The molecule has 4 rings (SSSR count). The lowest BCUT2D eigenvalue weighted by Crippen LogP contribution is -2.39. The van der Waals surface area contributed by atoms with Crippen LogP contribution in [0.25, 0.3) is 0 Å². The number of carbonyl (C=O) groups excluding carboxylic acids is 1. The van der Waals surface area contributed by atoms with Crippen molar-refractivity contribution in [3.05, 3.63) is 53.3 Å². The first-order valence-corrected chi connectivity index (χ1v) is 9.48. The van der Waals surface area contributed by atoms with E-state index < -0.39 is 0 Å². The van der Waals surface area contributed by atoms with E-state index in [4.69, 9.17) is 0 Å². The van der Waals surface area contributed by atoms with Gasteiger partial charge >= 0.3 is 0 Å². The summed E-state index contributed by atoms with van der Waals surface area (Å²) >= 11 is 0. The van der Waals surface area contributed by atoms with Crippen LogP contribution >= 0.6 is 24.8 Å². The lowest BCUT2D eigenvalue weighted by atomic mass is 9.94. The minimum Gasteiger partial charge on any atom is -0.349 e. The molecule has 1 unspecified atom stereocenters. The van der Waals surface area contributed by atoms with E-state index in [1.165, 1.54) is 17.5 Å². The Morgan fingerprint density at radius 2 is 1.93 bits per heavy atom. The molecule has 3 heterocycles. The van der Waals surface area contributed by atoms with E-state index >= 15 is 0 Å². The third kappa shape index (κ3) is 5.13. The van der Waals surface area contributed by atoms with Crippen molar-refractivity contribution >= 4 is 36.7 Å². The van der Waals surface area contributed by atoms with E-state index in [0.29, 0.717) is 18.2 Å². The molecule has 1 amide bonds. The van der Waals surface area contributed by atoms with Crippen LogP contribution in [-0.2, 0) is 6.42 Å². The molecule has 1 aromatic carbocycles. The van der Waals surface area contributed by atoms with Crippen LogP contribution in [0, 0.1) is 0 Å². The van der Waals surface area contributed by atoms with E-state index in [0.717, 1.165) is 38.9 Å². The van der Waals surface area contributed by atoms with Gasteiger partial charge in [-0.15, -0.1) is 24.8 Å². The van der Waals surface area contributed by atoms with E-state index in [1.54, 1.807) is 12.3 Å². The van der Waals surface area contributed by atoms with E-state index in [1.807, 2.05) is 0 Å². The Morgan fingerprint density at radius 3 is 2.75 bits per heavy atom. The largest absolute Gasteiger partial charge is 0.349 e. The molecule has 1 saturated heterocycles. The van der Waals surface area contributed by atoms with Crippen LogP contribution in [0.3, 0.4) is 0 Å². The van der Waals surface area contributed by atoms with Crippen molar-refractivity contribution < 1.29 is 4.79 Å². The fourth-order valence-corrected chi connectivity index (χ4v) is 3.78. The number of hydrogen-bond donors (Lipinski definition) is 2. The van der Waals surface area contributed by atoms with Crippen LogP contribution in [0.4, 0.5) is 5.95 Å². The predicted octanol–water partition coefficient (Wildman–Crippen LogP) is 2.93. The Hall–Kier alpha value is -1.89. The molecule has 0 bridgehead atoms. The van der Waals surface area contributed by atoms with Crippen LogP contribution in [-0.4, -0.2) is 42.1 Å². The minimum absolute atomic E-state index is 0. The topological polar surface area (TPSA) is 70.2 Å². The van der Waals surface area contributed by atoms with Gasteiger partial charge in [0.1, 0.15) is 5.69 Å². The molecule has 1 atom stereocenters. The molecule has 1 aromatic heterocycles. The molecule has 6 nitrogen and oxygen atoms in total. The molecule has 0 radical (unpaired) electrons. The van der Waals surface area contributed by atoms with Gasteiger partial charge in [0.25, 0.3) is 5.91 Å². The molecule has 0 aliphatic carbocycles. The first-order chi connectivity index (χ1) is 12.8. The Balaban J connectivity index is 0.00000140. The van der Waals surface area contributed by atoms with Crippen molar-refractivity contribution in [1.29, 1.82) is 0 Å². The van der Waals surface area contributed by atoms with E-state index in [9.17, 15) is 4.79 Å². The summed E-state index contributed by atoms with van der Waals surface area (Å²) in [6, 6.07) is 10.3. The van der Waals surface area contributed by atoms with Crippen LogP contribution in [0.5, 0.6) is 0 Å². The van der Waals surface area contributed by atoms with Gasteiger partial charge in [0.2, 0.25) is 5.95 Å². The molecular weight excluding hydrogens is 397 g/mol. The zero-order valence-electron chi connectivity index (χ0n) is 15.8. The molecule has 8 heteroatoms. The number of benzene rings is 1. The maximum absolute atomic E-state index is 12.6. The second-order valence-electron chi connectivity index (χ2n) is 6.96. The zero-order valence-corrected chi connectivity index (χ0v) is 17.4. The number of carbonyl (C=O) groups is 1. The maximum Gasteiger partial charge on any atom is 0.270 e. The highest BCUT2D eigenvalue weighted by atomic mass is 35.5. The summed E-state index contributed by atoms with van der Waals surface area (Å²) in [5.41, 5.74) is 3.07. The fourth-order valence-electron chi connectivity index (χ4n) is 3.78. The van der Waals surface area contributed by atoms with Crippen LogP contribution in [0.15, 0.2) is 36.5 Å². The number of amides is 1. The average molecular weight is 424 g/mol. The van der Waals surface area contributed by atoms with Gasteiger partial charge in [-0.05, 0) is 49.4 Å². The van der Waals surface area contributed by atoms with Crippen molar-refractivity contribution in [3.63, 3.8) is 0 Å². The third-order valence-electron chi connectivity index (χ3n) is 5.20. The Labute approximate surface area is 178 Å². The molecule has 0 saturated carbocycles. The smallest absolute Gasteiger partial charge is 0.270 e. The summed E-state index contributed by atoms with van der Waals surface area (Å²) in [6.07, 6.45) is 6.29. The fraction of sp³-hybridized carbons (Fsp3) is 0.450. The third-order valence-corrected chi connectivity index (χ3v) is 5.20. The van der Waals surface area contributed by atoms with Gasteiger partial charge in [-0.3, -0.25) is 4.79 Å². The van der Waals surface area contributed by atoms with Crippen molar-refractivity contribution in [1.82, 2.24) is 20.6 Å². The number of hydrogen-bond acceptors (Lipinski definition) is 5. The van der Waals surface area contributed by atoms with Gasteiger partial charge in [0.15, 0.2) is 0 Å². The second kappa shape index (κ2) is 10.6. The number of piperidine rings is 1. The first-order valence-electron chi connectivity index (χ1n) is 9.48. The second-order valence-corrected chi connectivity index (χ2v) is 6.96. The van der Waals surface area contributed by atoms with Crippen molar-refractivity contribution in [3.8, 4) is 0 Å². The number of fused-ring (bicyclic) bond motifs is 1. The normalized spacial score (nSPS) is 18.3. The molecule has 2 N–H and O–H groups in total. The highest BCUT2D eigenvalue weighted by molar-refractivity contribution is 5.92. The maximum atomic E-state index is 12.6. The Kier molecular flexibility index (Phi) is 8.48. The number of aromatic nitrogens is 2. The summed E-state index contributed by atoms with van der Waals surface area (Å²) in [6.45, 7) is 3.42. The number of anilines is 1. The molecule has 1 fully saturated rings. The van der Waals surface area contributed by atoms with E-state index in [2.05, 4.69) is 49.8 Å². The van der Waals surface area contributed by atoms with Crippen molar-refractivity contribution in [2.24, 2.45) is 0 Å². The summed E-state index contributed by atoms with van der Waals surface area (Å²) in [4.78, 5) is 23.6. The van der Waals surface area contributed by atoms with Gasteiger partial charge in [-0.2, -0.15) is 0 Å². The van der Waals surface area contributed by atoms with Crippen molar-refractivity contribution in [2.45, 2.75) is 31.7 Å². The number of halogens is 2. The van der Waals surface area contributed by atoms with Crippen LogP contribution < -0.4 is 15.5 Å². The molecule has 28 heavy (non-hydrogen) atoms. The predicted molar refractivity (Wildman–Crippen MR) is 116 cm³/mol. The number of rotatable bonds is 4. The quantitative estimate of drug-likeness (QED) is 0.790. The van der Waals surface area contributed by atoms with Crippen LogP contribution in [0.2, 0.25) is 0 Å². The van der Waals surface area contributed by atoms with Gasteiger partial charge in [0, 0.05) is 31.9 Å². The van der Waals surface area contributed by atoms with Crippen molar-refractivity contribution in [2.75, 3.05) is 31.1 Å². The SMILES string of the molecule is Cl.Cl.O=C(NCC1NCCc2ccccc21)c1ccnc(N2CCCCC2)n1. The monoisotopic (exact) mass is 423 g/mol. The first kappa shape index (κ1) is 22.4. The van der Waals surface area contributed by atoms with Gasteiger partial charge in [0.05, 0.1) is 0 Å². The van der Waals surface area contributed by atoms with Gasteiger partial charge in [-0.25, -0.2) is 9.97 Å². The summed E-state index contributed by atoms with van der Waals surface area (Å²) < 4.78 is 0. The molecule has 0 spiro atoms. The van der Waals surface area contributed by atoms with Gasteiger partial charge < -0.3 is 15.5 Å². The van der Waals surface area contributed by atoms with Crippen LogP contribution in [0.1, 0.15) is 46.9 Å². The lowest BCUT2D eigenvalue weighted by molar-refractivity contribution is 0.0944. The molecule has 2 aliphatic heterocycles. The summed E-state index contributed by atoms with van der Waals surface area (Å²) in [7, 11) is 0. The zero-order chi connectivity index (χ0) is 17.8. The molecule has 2 aromatic rings. The highest BCUT2D eigenvalue weighted by Crippen LogP contribution is 2.22.